The van der Waals surface area contributed by atoms with Crippen LogP contribution in [0.2, 0.25) is 5.02 Å². The molecule has 1 aromatic rings. The van der Waals surface area contributed by atoms with E-state index in [0.717, 1.165) is 0 Å². The number of hydrogen-bond acceptors (Lipinski definition) is 4. The molecule has 0 bridgehead atoms. The predicted octanol–water partition coefficient (Wildman–Crippen LogP) is 1.62. The molecule has 0 saturated carbocycles. The van der Waals surface area contributed by atoms with Crippen LogP contribution >= 0.6 is 11.6 Å². The first-order chi connectivity index (χ1) is 10.9. The van der Waals surface area contributed by atoms with E-state index in [1.807, 2.05) is 0 Å². The third-order valence-electron chi connectivity index (χ3n) is 4.28. The summed E-state index contributed by atoms with van der Waals surface area (Å²) < 4.78 is 5.19. The minimum absolute atomic E-state index is 0.135. The Bertz CT molecular complexity index is 693. The Morgan fingerprint density at radius 3 is 2.87 bits per heavy atom. The molecule has 3 rings (SSSR count). The summed E-state index contributed by atoms with van der Waals surface area (Å²) in [5.74, 6) is -0.0858. The standard InChI is InChI=1S/C15H16ClN3O4/c1-23-11-3-2-9(16)6-10(11)17-14(22)19-5-4-15(8-19)7-12(20)18-13(15)21/h2-3,6H,4-5,7-8H2,1H3,(H,17,22)(H,18,20,21)/t15-/m0/s1. The number of nitrogens with one attached hydrogen (secondary N) is 2. The zero-order valence-corrected chi connectivity index (χ0v) is 13.3. The van der Waals surface area contributed by atoms with Gasteiger partial charge in [-0.25, -0.2) is 4.79 Å². The maximum absolute atomic E-state index is 12.4. The van der Waals surface area contributed by atoms with E-state index in [9.17, 15) is 14.4 Å². The molecule has 1 spiro atoms. The van der Waals surface area contributed by atoms with E-state index in [0.29, 0.717) is 29.4 Å². The van der Waals surface area contributed by atoms with Crippen molar-refractivity contribution in [2.45, 2.75) is 12.8 Å². The fourth-order valence-corrected chi connectivity index (χ4v) is 3.21. The highest BCUT2D eigenvalue weighted by molar-refractivity contribution is 6.31. The molecule has 2 N–H and O–H groups in total. The predicted molar refractivity (Wildman–Crippen MR) is 83.4 cm³/mol. The summed E-state index contributed by atoms with van der Waals surface area (Å²) >= 11 is 5.94. The van der Waals surface area contributed by atoms with E-state index in [-0.39, 0.29) is 30.8 Å². The number of carbonyl (C=O) groups is 3. The molecule has 2 fully saturated rings. The van der Waals surface area contributed by atoms with Crippen molar-refractivity contribution >= 4 is 35.1 Å². The highest BCUT2D eigenvalue weighted by Gasteiger charge is 2.51. The SMILES string of the molecule is COc1ccc(Cl)cc1NC(=O)N1CC[C@]2(CC(=O)NC2=O)C1. The summed E-state index contributed by atoms with van der Waals surface area (Å²) in [6, 6.07) is 4.56. The lowest BCUT2D eigenvalue weighted by Crippen LogP contribution is -2.38. The first-order valence-corrected chi connectivity index (χ1v) is 7.55. The second-order valence-corrected chi connectivity index (χ2v) is 6.22. The molecule has 0 radical (unpaired) electrons. The van der Waals surface area contributed by atoms with Crippen LogP contribution in [0.25, 0.3) is 0 Å². The van der Waals surface area contributed by atoms with Crippen molar-refractivity contribution in [3.63, 3.8) is 0 Å². The number of ether oxygens (including phenoxy) is 1. The molecule has 2 saturated heterocycles. The molecule has 4 amide bonds. The number of nitrogens with zero attached hydrogens (tertiary/aromatic N) is 1. The molecule has 8 heteroatoms. The number of rotatable bonds is 2. The van der Waals surface area contributed by atoms with Gasteiger partial charge >= 0.3 is 6.03 Å². The molecule has 2 heterocycles. The van der Waals surface area contributed by atoms with Crippen molar-refractivity contribution < 1.29 is 19.1 Å². The van der Waals surface area contributed by atoms with Crippen LogP contribution in [0, 0.1) is 5.41 Å². The third-order valence-corrected chi connectivity index (χ3v) is 4.51. The van der Waals surface area contributed by atoms with Gasteiger partial charge in [-0.1, -0.05) is 11.6 Å². The molecule has 1 atom stereocenters. The van der Waals surface area contributed by atoms with Crippen LogP contribution in [-0.4, -0.2) is 42.9 Å². The number of likely N-dealkylation sites (tertiary alicyclic amines) is 1. The van der Waals surface area contributed by atoms with Gasteiger partial charge in [0.05, 0.1) is 18.2 Å². The highest BCUT2D eigenvalue weighted by Crippen LogP contribution is 2.38. The zero-order chi connectivity index (χ0) is 16.6. The van der Waals surface area contributed by atoms with E-state index in [4.69, 9.17) is 16.3 Å². The Balaban J connectivity index is 1.72. The minimum Gasteiger partial charge on any atom is -0.495 e. The van der Waals surface area contributed by atoms with Gasteiger partial charge in [-0.3, -0.25) is 14.9 Å². The van der Waals surface area contributed by atoms with Crippen molar-refractivity contribution in [3.8, 4) is 5.75 Å². The summed E-state index contributed by atoms with van der Waals surface area (Å²) in [6.45, 7) is 0.634. The topological polar surface area (TPSA) is 87.7 Å². The molecule has 0 aliphatic carbocycles. The number of benzene rings is 1. The average Bonchev–Trinajstić information content (AvgIpc) is 3.04. The van der Waals surface area contributed by atoms with Gasteiger partial charge in [0.2, 0.25) is 11.8 Å². The normalized spacial score (nSPS) is 23.3. The van der Waals surface area contributed by atoms with Gasteiger partial charge in [-0.15, -0.1) is 0 Å². The first-order valence-electron chi connectivity index (χ1n) is 7.17. The lowest BCUT2D eigenvalue weighted by Gasteiger charge is -2.21. The van der Waals surface area contributed by atoms with Gasteiger partial charge in [0.15, 0.2) is 0 Å². The summed E-state index contributed by atoms with van der Waals surface area (Å²) in [5.41, 5.74) is -0.328. The van der Waals surface area contributed by atoms with E-state index in [2.05, 4.69) is 10.6 Å². The Morgan fingerprint density at radius 1 is 1.43 bits per heavy atom. The fourth-order valence-electron chi connectivity index (χ4n) is 3.04. The van der Waals surface area contributed by atoms with Crippen molar-refractivity contribution in [1.29, 1.82) is 0 Å². The van der Waals surface area contributed by atoms with Crippen LogP contribution in [-0.2, 0) is 9.59 Å². The third kappa shape index (κ3) is 2.84. The summed E-state index contributed by atoms with van der Waals surface area (Å²) in [4.78, 5) is 37.3. The number of halogens is 1. The quantitative estimate of drug-likeness (QED) is 0.803. The number of methoxy groups -OCH3 is 1. The van der Waals surface area contributed by atoms with Gasteiger partial charge in [-0.05, 0) is 24.6 Å². The van der Waals surface area contributed by atoms with E-state index < -0.39 is 5.41 Å². The van der Waals surface area contributed by atoms with Crippen LogP contribution < -0.4 is 15.4 Å². The van der Waals surface area contributed by atoms with E-state index >= 15 is 0 Å². The molecule has 122 valence electrons. The fraction of sp³-hybridized carbons (Fsp3) is 0.400. The van der Waals surface area contributed by atoms with Gasteiger partial charge in [0.25, 0.3) is 0 Å². The van der Waals surface area contributed by atoms with Crippen molar-refractivity contribution in [2.24, 2.45) is 5.41 Å². The molecular formula is C15H16ClN3O4. The highest BCUT2D eigenvalue weighted by atomic mass is 35.5. The number of carbonyl (C=O) groups excluding carboxylic acids is 3. The average molecular weight is 338 g/mol. The Kier molecular flexibility index (Phi) is 3.89. The monoisotopic (exact) mass is 337 g/mol. The van der Waals surface area contributed by atoms with Crippen LogP contribution in [0.5, 0.6) is 5.75 Å². The molecule has 7 nitrogen and oxygen atoms in total. The first kappa shape index (κ1) is 15.6. The molecule has 0 aromatic heterocycles. The second-order valence-electron chi connectivity index (χ2n) is 5.78. The molecule has 0 unspecified atom stereocenters. The van der Waals surface area contributed by atoms with Gasteiger partial charge in [0.1, 0.15) is 5.75 Å². The minimum atomic E-state index is -0.785. The maximum Gasteiger partial charge on any atom is 0.321 e. The van der Waals surface area contributed by atoms with E-state index in [1.54, 1.807) is 18.2 Å². The van der Waals surface area contributed by atoms with E-state index in [1.165, 1.54) is 12.0 Å². The zero-order valence-electron chi connectivity index (χ0n) is 12.5. The van der Waals surface area contributed by atoms with Crippen LogP contribution in [0.3, 0.4) is 0 Å². The second kappa shape index (κ2) is 5.73. The Labute approximate surface area is 137 Å². The largest absolute Gasteiger partial charge is 0.495 e. The molecule has 1 aromatic carbocycles. The molecule has 23 heavy (non-hydrogen) atoms. The Hall–Kier alpha value is -2.28. The summed E-state index contributed by atoms with van der Waals surface area (Å²) in [7, 11) is 1.50. The van der Waals surface area contributed by atoms with Crippen LogP contribution in [0.4, 0.5) is 10.5 Å². The van der Waals surface area contributed by atoms with Crippen molar-refractivity contribution in [3.05, 3.63) is 23.2 Å². The number of anilines is 1. The van der Waals surface area contributed by atoms with Crippen LogP contribution in [0.15, 0.2) is 18.2 Å². The lowest BCUT2D eigenvalue weighted by molar-refractivity contribution is -0.128. The summed E-state index contributed by atoms with van der Waals surface area (Å²) in [5, 5.41) is 5.52. The molecular weight excluding hydrogens is 322 g/mol. The van der Waals surface area contributed by atoms with Crippen LogP contribution in [0.1, 0.15) is 12.8 Å². The number of hydrogen-bond donors (Lipinski definition) is 2. The molecule has 2 aliphatic heterocycles. The molecule has 2 aliphatic rings. The lowest BCUT2D eigenvalue weighted by atomic mass is 9.85. The Morgan fingerprint density at radius 2 is 2.22 bits per heavy atom. The van der Waals surface area contributed by atoms with Crippen molar-refractivity contribution in [1.82, 2.24) is 10.2 Å². The number of imide groups is 1. The smallest absolute Gasteiger partial charge is 0.321 e. The van der Waals surface area contributed by atoms with Gasteiger partial charge in [-0.2, -0.15) is 0 Å². The van der Waals surface area contributed by atoms with Gasteiger partial charge < -0.3 is 15.0 Å². The number of amides is 4. The van der Waals surface area contributed by atoms with Gasteiger partial charge in [0, 0.05) is 24.5 Å². The number of urea groups is 1. The summed E-state index contributed by atoms with van der Waals surface area (Å²) in [6.07, 6.45) is 0.612. The maximum atomic E-state index is 12.4. The van der Waals surface area contributed by atoms with Crippen molar-refractivity contribution in [2.75, 3.05) is 25.5 Å².